The van der Waals surface area contributed by atoms with Crippen LogP contribution in [0.2, 0.25) is 0 Å². The Morgan fingerprint density at radius 2 is 2.16 bits per heavy atom. The van der Waals surface area contributed by atoms with Gasteiger partial charge in [-0.2, -0.15) is 0 Å². The molecule has 0 aliphatic heterocycles. The Morgan fingerprint density at radius 3 is 2.84 bits per heavy atom. The summed E-state index contributed by atoms with van der Waals surface area (Å²) in [4.78, 5) is 15.8. The molecule has 100 valence electrons. The maximum Gasteiger partial charge on any atom is 0.356 e. The van der Waals surface area contributed by atoms with Gasteiger partial charge < -0.3 is 14.4 Å². The number of carbonyl (C=O) groups is 1. The highest BCUT2D eigenvalue weighted by Crippen LogP contribution is 2.19. The molecule has 0 amide bonds. The van der Waals surface area contributed by atoms with Gasteiger partial charge in [0.25, 0.3) is 0 Å². The van der Waals surface area contributed by atoms with Crippen LogP contribution in [0, 0.1) is 0 Å². The number of hydrogen-bond donors (Lipinski definition) is 1. The van der Waals surface area contributed by atoms with Crippen molar-refractivity contribution in [2.45, 2.75) is 13.0 Å². The highest BCUT2D eigenvalue weighted by atomic mass is 16.5. The van der Waals surface area contributed by atoms with E-state index in [4.69, 9.17) is 9.84 Å². The van der Waals surface area contributed by atoms with Gasteiger partial charge in [0.2, 0.25) is 0 Å². The SMILES string of the molecule is C[C@H](c1ccccc1)n1cncc1C(=O)OCCO. The highest BCUT2D eigenvalue weighted by molar-refractivity contribution is 5.87. The Hall–Kier alpha value is -2.14. The number of nitrogens with zero attached hydrogens (tertiary/aromatic N) is 2. The monoisotopic (exact) mass is 260 g/mol. The van der Waals surface area contributed by atoms with E-state index in [1.54, 1.807) is 10.9 Å². The largest absolute Gasteiger partial charge is 0.459 e. The van der Waals surface area contributed by atoms with Crippen molar-refractivity contribution in [1.82, 2.24) is 9.55 Å². The Labute approximate surface area is 111 Å². The molecule has 19 heavy (non-hydrogen) atoms. The first-order chi connectivity index (χ1) is 9.24. The molecule has 0 aliphatic carbocycles. The predicted octanol–water partition coefficient (Wildman–Crippen LogP) is 1.64. The molecule has 1 aromatic carbocycles. The average molecular weight is 260 g/mol. The smallest absolute Gasteiger partial charge is 0.356 e. The fourth-order valence-electron chi connectivity index (χ4n) is 1.88. The normalized spacial score (nSPS) is 12.1. The van der Waals surface area contributed by atoms with Crippen molar-refractivity contribution in [3.8, 4) is 0 Å². The Bertz CT molecular complexity index is 537. The summed E-state index contributed by atoms with van der Waals surface area (Å²) in [5.41, 5.74) is 1.46. The molecular formula is C14H16N2O3. The summed E-state index contributed by atoms with van der Waals surface area (Å²) in [6.07, 6.45) is 3.08. The van der Waals surface area contributed by atoms with Crippen molar-refractivity contribution in [2.24, 2.45) is 0 Å². The van der Waals surface area contributed by atoms with Gasteiger partial charge in [-0.25, -0.2) is 9.78 Å². The first kappa shape index (κ1) is 13.3. The number of aromatic nitrogens is 2. The summed E-state index contributed by atoms with van der Waals surface area (Å²) in [5, 5.41) is 8.67. The number of rotatable bonds is 5. The van der Waals surface area contributed by atoms with Gasteiger partial charge in [-0.1, -0.05) is 30.3 Å². The minimum Gasteiger partial charge on any atom is -0.459 e. The topological polar surface area (TPSA) is 64.4 Å². The van der Waals surface area contributed by atoms with Crippen molar-refractivity contribution in [2.75, 3.05) is 13.2 Å². The van der Waals surface area contributed by atoms with Crippen molar-refractivity contribution in [3.63, 3.8) is 0 Å². The first-order valence-electron chi connectivity index (χ1n) is 6.08. The second kappa shape index (κ2) is 6.15. The molecule has 0 fully saturated rings. The molecule has 5 heteroatoms. The first-order valence-corrected chi connectivity index (χ1v) is 6.08. The number of imidazole rings is 1. The van der Waals surface area contributed by atoms with E-state index in [-0.39, 0.29) is 19.3 Å². The fourth-order valence-corrected chi connectivity index (χ4v) is 1.88. The number of esters is 1. The van der Waals surface area contributed by atoms with Gasteiger partial charge in [0.15, 0.2) is 0 Å². The number of hydrogen-bond acceptors (Lipinski definition) is 4. The lowest BCUT2D eigenvalue weighted by molar-refractivity contribution is 0.0420. The van der Waals surface area contributed by atoms with E-state index in [0.717, 1.165) is 5.56 Å². The third-order valence-corrected chi connectivity index (χ3v) is 2.90. The Kier molecular flexibility index (Phi) is 4.30. The molecule has 0 bridgehead atoms. The number of aliphatic hydroxyl groups excluding tert-OH is 1. The Balaban J connectivity index is 2.22. The van der Waals surface area contributed by atoms with Gasteiger partial charge >= 0.3 is 5.97 Å². The predicted molar refractivity (Wildman–Crippen MR) is 69.9 cm³/mol. The summed E-state index contributed by atoms with van der Waals surface area (Å²) in [7, 11) is 0. The van der Waals surface area contributed by atoms with E-state index in [1.165, 1.54) is 6.20 Å². The van der Waals surface area contributed by atoms with Crippen LogP contribution < -0.4 is 0 Å². The molecule has 2 rings (SSSR count). The molecule has 0 aliphatic rings. The lowest BCUT2D eigenvalue weighted by Gasteiger charge is -2.16. The molecule has 1 atom stereocenters. The molecule has 1 aromatic heterocycles. The van der Waals surface area contributed by atoms with Crippen molar-refractivity contribution >= 4 is 5.97 Å². The van der Waals surface area contributed by atoms with Crippen molar-refractivity contribution in [3.05, 3.63) is 54.1 Å². The lowest BCUT2D eigenvalue weighted by atomic mass is 10.1. The number of ether oxygens (including phenoxy) is 1. The van der Waals surface area contributed by atoms with Gasteiger partial charge in [-0.15, -0.1) is 0 Å². The summed E-state index contributed by atoms with van der Waals surface area (Å²) in [6, 6.07) is 9.82. The van der Waals surface area contributed by atoms with Crippen LogP contribution >= 0.6 is 0 Å². The van der Waals surface area contributed by atoms with Gasteiger partial charge in [-0.3, -0.25) is 0 Å². The molecule has 0 saturated heterocycles. The quantitative estimate of drug-likeness (QED) is 0.830. The van der Waals surface area contributed by atoms with Crippen LogP contribution in [0.1, 0.15) is 29.0 Å². The summed E-state index contributed by atoms with van der Waals surface area (Å²) >= 11 is 0. The molecular weight excluding hydrogens is 244 g/mol. The molecule has 1 N–H and O–H groups in total. The van der Waals surface area contributed by atoms with Gasteiger partial charge in [0, 0.05) is 0 Å². The van der Waals surface area contributed by atoms with Crippen molar-refractivity contribution < 1.29 is 14.6 Å². The van der Waals surface area contributed by atoms with Crippen LogP contribution in [0.25, 0.3) is 0 Å². The molecule has 0 unspecified atom stereocenters. The van der Waals surface area contributed by atoms with E-state index < -0.39 is 5.97 Å². The zero-order valence-corrected chi connectivity index (χ0v) is 10.7. The molecule has 2 aromatic rings. The minimum atomic E-state index is -0.477. The van der Waals surface area contributed by atoms with Crippen molar-refractivity contribution in [1.29, 1.82) is 0 Å². The second-order valence-electron chi connectivity index (χ2n) is 4.13. The van der Waals surface area contributed by atoms with E-state index in [2.05, 4.69) is 4.98 Å². The third-order valence-electron chi connectivity index (χ3n) is 2.90. The molecule has 5 nitrogen and oxygen atoms in total. The molecule has 0 saturated carbocycles. The minimum absolute atomic E-state index is 0.0102. The summed E-state index contributed by atoms with van der Waals surface area (Å²) in [5.74, 6) is -0.477. The maximum atomic E-state index is 11.8. The van der Waals surface area contributed by atoms with Crippen LogP contribution in [-0.2, 0) is 4.74 Å². The molecule has 0 spiro atoms. The number of aliphatic hydroxyl groups is 1. The van der Waals surface area contributed by atoms with Crippen LogP contribution in [0.3, 0.4) is 0 Å². The van der Waals surface area contributed by atoms with Gasteiger partial charge in [0.05, 0.1) is 25.2 Å². The van der Waals surface area contributed by atoms with E-state index >= 15 is 0 Å². The average Bonchev–Trinajstić information content (AvgIpc) is 2.94. The van der Waals surface area contributed by atoms with Crippen LogP contribution in [0.15, 0.2) is 42.9 Å². The van der Waals surface area contributed by atoms with Gasteiger partial charge in [0.1, 0.15) is 12.3 Å². The molecule has 0 radical (unpaired) electrons. The summed E-state index contributed by atoms with van der Waals surface area (Å²) in [6.45, 7) is 1.79. The zero-order valence-electron chi connectivity index (χ0n) is 10.7. The standard InChI is InChI=1S/C14H16N2O3/c1-11(12-5-3-2-4-6-12)16-10-15-9-13(16)14(18)19-8-7-17/h2-6,9-11,17H,7-8H2,1H3/t11-/m1/s1. The van der Waals surface area contributed by atoms with E-state index in [1.807, 2.05) is 37.3 Å². The fraction of sp³-hybridized carbons (Fsp3) is 0.286. The number of benzene rings is 1. The van der Waals surface area contributed by atoms with E-state index in [0.29, 0.717) is 5.69 Å². The van der Waals surface area contributed by atoms with Crippen LogP contribution in [0.4, 0.5) is 0 Å². The second-order valence-corrected chi connectivity index (χ2v) is 4.13. The zero-order chi connectivity index (χ0) is 13.7. The van der Waals surface area contributed by atoms with Crippen LogP contribution in [0.5, 0.6) is 0 Å². The highest BCUT2D eigenvalue weighted by Gasteiger charge is 2.17. The third kappa shape index (κ3) is 3.00. The molecule has 1 heterocycles. The number of carbonyl (C=O) groups excluding carboxylic acids is 1. The van der Waals surface area contributed by atoms with E-state index in [9.17, 15) is 4.79 Å². The lowest BCUT2D eigenvalue weighted by Crippen LogP contribution is -2.16. The summed E-state index contributed by atoms with van der Waals surface area (Å²) < 4.78 is 6.67. The Morgan fingerprint density at radius 1 is 1.42 bits per heavy atom. The van der Waals surface area contributed by atoms with Crippen LogP contribution in [-0.4, -0.2) is 33.8 Å². The maximum absolute atomic E-state index is 11.8. The van der Waals surface area contributed by atoms with Gasteiger partial charge in [-0.05, 0) is 12.5 Å².